The number of carbonyl (C=O) groups is 1. The van der Waals surface area contributed by atoms with E-state index in [1.807, 2.05) is 0 Å². The van der Waals surface area contributed by atoms with Crippen LogP contribution in [0.4, 0.5) is 33.7 Å². The van der Waals surface area contributed by atoms with Gasteiger partial charge in [0, 0.05) is 42.0 Å². The molecule has 4 aromatic rings. The Balaban J connectivity index is 1.49. The molecule has 11 heteroatoms. The molecule has 0 saturated heterocycles. The number of alkyl halides is 3. The second kappa shape index (κ2) is 8.91. The Morgan fingerprint density at radius 2 is 1.58 bits per heavy atom. The number of ether oxygens (including phenoxy) is 1. The van der Waals surface area contributed by atoms with Gasteiger partial charge in [0.05, 0.1) is 21.6 Å². The van der Waals surface area contributed by atoms with Crippen LogP contribution in [0.3, 0.4) is 0 Å². The highest BCUT2D eigenvalue weighted by molar-refractivity contribution is 6.31. The van der Waals surface area contributed by atoms with Crippen LogP contribution in [0.1, 0.15) is 5.56 Å². The fourth-order valence-electron chi connectivity index (χ4n) is 2.95. The number of amides is 2. The number of rotatable bonds is 4. The van der Waals surface area contributed by atoms with Crippen LogP contribution in [-0.2, 0) is 6.18 Å². The summed E-state index contributed by atoms with van der Waals surface area (Å²) in [7, 11) is 0. The molecule has 0 spiro atoms. The van der Waals surface area contributed by atoms with Crippen molar-refractivity contribution in [2.24, 2.45) is 0 Å². The van der Waals surface area contributed by atoms with Crippen molar-refractivity contribution < 1.29 is 27.1 Å². The first-order valence-electron chi connectivity index (χ1n) is 9.31. The molecule has 168 valence electrons. The number of hydrogen-bond acceptors (Lipinski definition) is 4. The molecule has 1 aromatic heterocycles. The topological polar surface area (TPSA) is 76.1 Å². The van der Waals surface area contributed by atoms with Crippen LogP contribution in [0.2, 0.25) is 5.02 Å². The molecule has 33 heavy (non-hydrogen) atoms. The summed E-state index contributed by atoms with van der Waals surface area (Å²) in [5, 5.41) is 4.10. The number of carbonyl (C=O) groups excluding carboxylic acids is 1. The average Bonchev–Trinajstić information content (AvgIpc) is 2.73. The van der Waals surface area contributed by atoms with Gasteiger partial charge in [-0.05, 0) is 36.4 Å². The Bertz CT molecular complexity index is 1350. The minimum Gasteiger partial charge on any atom is -0.457 e. The summed E-state index contributed by atoms with van der Waals surface area (Å²) < 4.78 is 58.7. The van der Waals surface area contributed by atoms with Gasteiger partial charge in [0.25, 0.3) is 0 Å². The monoisotopic (exact) mass is 476 g/mol. The van der Waals surface area contributed by atoms with Crippen LogP contribution < -0.4 is 15.4 Å². The van der Waals surface area contributed by atoms with E-state index in [1.165, 1.54) is 18.3 Å². The van der Waals surface area contributed by atoms with Crippen molar-refractivity contribution >= 4 is 40.0 Å². The predicted molar refractivity (Wildman–Crippen MR) is 115 cm³/mol. The van der Waals surface area contributed by atoms with Gasteiger partial charge in [0.2, 0.25) is 0 Å². The molecule has 4 rings (SSSR count). The molecule has 0 bridgehead atoms. The van der Waals surface area contributed by atoms with Gasteiger partial charge < -0.3 is 15.4 Å². The fraction of sp³-hybridized carbons (Fsp3) is 0.0455. The maximum absolute atomic E-state index is 14.1. The number of halogens is 5. The number of anilines is 2. The molecular weight excluding hydrogens is 464 g/mol. The molecule has 0 aliphatic carbocycles. The smallest absolute Gasteiger partial charge is 0.417 e. The van der Waals surface area contributed by atoms with Crippen molar-refractivity contribution in [3.8, 4) is 11.5 Å². The fourth-order valence-corrected chi connectivity index (χ4v) is 3.17. The Labute approximate surface area is 189 Å². The number of fused-ring (bicyclic) bond motifs is 1. The second-order valence-corrected chi connectivity index (χ2v) is 7.16. The van der Waals surface area contributed by atoms with E-state index in [4.69, 9.17) is 16.3 Å². The summed E-state index contributed by atoms with van der Waals surface area (Å²) in [6.07, 6.45) is -1.62. The first kappa shape index (κ1) is 22.3. The first-order chi connectivity index (χ1) is 15.7. The van der Waals surface area contributed by atoms with Crippen molar-refractivity contribution in [3.63, 3.8) is 0 Å². The molecule has 0 radical (unpaired) electrons. The maximum atomic E-state index is 14.1. The van der Waals surface area contributed by atoms with Gasteiger partial charge in [-0.1, -0.05) is 11.6 Å². The molecule has 0 aliphatic rings. The highest BCUT2D eigenvalue weighted by Crippen LogP contribution is 2.36. The lowest BCUT2D eigenvalue weighted by molar-refractivity contribution is -0.137. The maximum Gasteiger partial charge on any atom is 0.417 e. The van der Waals surface area contributed by atoms with Gasteiger partial charge in [-0.3, -0.25) is 9.97 Å². The van der Waals surface area contributed by atoms with Crippen molar-refractivity contribution in [3.05, 3.63) is 83.4 Å². The Morgan fingerprint density at radius 1 is 0.848 bits per heavy atom. The van der Waals surface area contributed by atoms with Crippen molar-refractivity contribution in [2.45, 2.75) is 6.18 Å². The van der Waals surface area contributed by atoms with Crippen molar-refractivity contribution in [1.29, 1.82) is 0 Å². The molecule has 6 nitrogen and oxygen atoms in total. The minimum atomic E-state index is -4.69. The SMILES string of the molecule is O=C(Nc1cc(F)cc(Oc2ccc3nccnc3c2)c1)Nc1ccc(Cl)c(C(F)(F)F)c1. The molecule has 2 N–H and O–H groups in total. The zero-order valence-electron chi connectivity index (χ0n) is 16.5. The third-order valence-electron chi connectivity index (χ3n) is 4.34. The summed E-state index contributed by atoms with van der Waals surface area (Å²) in [6.45, 7) is 0. The van der Waals surface area contributed by atoms with E-state index in [0.29, 0.717) is 22.8 Å². The van der Waals surface area contributed by atoms with Crippen LogP contribution in [0.25, 0.3) is 11.0 Å². The van der Waals surface area contributed by atoms with Crippen LogP contribution in [-0.4, -0.2) is 16.0 Å². The zero-order chi connectivity index (χ0) is 23.6. The number of benzene rings is 3. The minimum absolute atomic E-state index is 0.0214. The van der Waals surface area contributed by atoms with Gasteiger partial charge in [-0.25, -0.2) is 9.18 Å². The lowest BCUT2D eigenvalue weighted by Gasteiger charge is -2.13. The highest BCUT2D eigenvalue weighted by atomic mass is 35.5. The third-order valence-corrected chi connectivity index (χ3v) is 4.66. The van der Waals surface area contributed by atoms with Crippen LogP contribution in [0, 0.1) is 5.82 Å². The van der Waals surface area contributed by atoms with Crippen LogP contribution in [0.15, 0.2) is 67.0 Å². The molecule has 3 aromatic carbocycles. The van der Waals surface area contributed by atoms with E-state index in [0.717, 1.165) is 18.2 Å². The van der Waals surface area contributed by atoms with E-state index in [-0.39, 0.29) is 17.1 Å². The second-order valence-electron chi connectivity index (χ2n) is 6.76. The first-order valence-corrected chi connectivity index (χ1v) is 9.69. The number of urea groups is 1. The highest BCUT2D eigenvalue weighted by Gasteiger charge is 2.33. The average molecular weight is 477 g/mol. The quantitative estimate of drug-likeness (QED) is 0.315. The van der Waals surface area contributed by atoms with Gasteiger partial charge in [-0.15, -0.1) is 0 Å². The number of aromatic nitrogens is 2. The lowest BCUT2D eigenvalue weighted by atomic mass is 10.2. The lowest BCUT2D eigenvalue weighted by Crippen LogP contribution is -2.20. The summed E-state index contributed by atoms with van der Waals surface area (Å²) in [6, 6.07) is 10.5. The van der Waals surface area contributed by atoms with Crippen LogP contribution >= 0.6 is 11.6 Å². The summed E-state index contributed by atoms with van der Waals surface area (Å²) in [5.41, 5.74) is 0.00951. The van der Waals surface area contributed by atoms with E-state index in [1.54, 1.807) is 24.4 Å². The molecule has 0 saturated carbocycles. The van der Waals surface area contributed by atoms with Gasteiger partial charge in [0.1, 0.15) is 17.3 Å². The summed E-state index contributed by atoms with van der Waals surface area (Å²) in [5.74, 6) is -0.251. The molecule has 1 heterocycles. The molecule has 0 aliphatic heterocycles. The molecule has 0 fully saturated rings. The molecular formula is C22H13ClF4N4O2. The molecule has 2 amide bonds. The Hall–Kier alpha value is -3.92. The number of nitrogens with zero attached hydrogens (tertiary/aromatic N) is 2. The van der Waals surface area contributed by atoms with Gasteiger partial charge in [-0.2, -0.15) is 13.2 Å². The third kappa shape index (κ3) is 5.47. The van der Waals surface area contributed by atoms with Crippen molar-refractivity contribution in [1.82, 2.24) is 9.97 Å². The standard InChI is InChI=1S/C22H13ClF4N4O2/c23-18-3-1-13(10-17(18)22(25,26)27)30-21(32)31-14-7-12(24)8-16(9-14)33-15-2-4-19-20(11-15)29-6-5-28-19/h1-11H,(H2,30,31,32). The largest absolute Gasteiger partial charge is 0.457 e. The normalized spacial score (nSPS) is 11.3. The molecule has 0 atom stereocenters. The predicted octanol–water partition coefficient (Wildman–Crippen LogP) is 6.88. The van der Waals surface area contributed by atoms with E-state index < -0.39 is 28.6 Å². The summed E-state index contributed by atoms with van der Waals surface area (Å²) in [4.78, 5) is 20.6. The number of nitrogens with one attached hydrogen (secondary N) is 2. The van der Waals surface area contributed by atoms with Gasteiger partial charge >= 0.3 is 12.2 Å². The van der Waals surface area contributed by atoms with Crippen molar-refractivity contribution in [2.75, 3.05) is 10.6 Å². The Kier molecular flexibility index (Phi) is 6.01. The van der Waals surface area contributed by atoms with Crippen LogP contribution in [0.5, 0.6) is 11.5 Å². The van der Waals surface area contributed by atoms with E-state index in [2.05, 4.69) is 20.6 Å². The van der Waals surface area contributed by atoms with E-state index in [9.17, 15) is 22.4 Å². The zero-order valence-corrected chi connectivity index (χ0v) is 17.2. The Morgan fingerprint density at radius 3 is 2.33 bits per heavy atom. The summed E-state index contributed by atoms with van der Waals surface area (Å²) >= 11 is 5.57. The molecule has 0 unspecified atom stereocenters. The van der Waals surface area contributed by atoms with Gasteiger partial charge in [0.15, 0.2) is 0 Å². The number of hydrogen-bond donors (Lipinski definition) is 2. The van der Waals surface area contributed by atoms with E-state index >= 15 is 0 Å².